The van der Waals surface area contributed by atoms with Crippen LogP contribution in [0.3, 0.4) is 0 Å². The van der Waals surface area contributed by atoms with Crippen molar-refractivity contribution in [2.45, 2.75) is 31.5 Å². The number of rotatable bonds is 6. The quantitative estimate of drug-likeness (QED) is 0.568. The van der Waals surface area contributed by atoms with Crippen molar-refractivity contribution in [1.29, 1.82) is 0 Å². The highest BCUT2D eigenvalue weighted by molar-refractivity contribution is 5.82. The first-order valence-electron chi connectivity index (χ1n) is 7.11. The van der Waals surface area contributed by atoms with Gasteiger partial charge >= 0.3 is 0 Å². The number of nitrogens with two attached hydrogens (primary N) is 1. The number of hydrogen-bond acceptors (Lipinski definition) is 4. The highest BCUT2D eigenvalue weighted by atomic mass is 16.3. The van der Waals surface area contributed by atoms with Crippen LogP contribution in [0.1, 0.15) is 18.4 Å². The highest BCUT2D eigenvalue weighted by Gasteiger charge is 2.31. The van der Waals surface area contributed by atoms with Crippen LogP contribution in [0.15, 0.2) is 30.3 Å². The summed E-state index contributed by atoms with van der Waals surface area (Å²) < 4.78 is 0. The predicted octanol–water partition coefficient (Wildman–Crippen LogP) is -0.483. The van der Waals surface area contributed by atoms with E-state index in [1.165, 1.54) is 0 Å². The third-order valence-electron chi connectivity index (χ3n) is 3.70. The standard InChI is InChI=1S/C15H21N3O3/c16-12(8-11-6-7-17-14(11)20)13(19)15(21)18-9-10-4-2-1-3-5-10/h1-5,11-13,19H,6-9,16H2,(H,17,20)(H,18,21)/t11-,12-,13?/m0/s1. The van der Waals surface area contributed by atoms with Gasteiger partial charge in [0.25, 0.3) is 5.91 Å². The molecule has 6 heteroatoms. The molecule has 1 unspecified atom stereocenters. The van der Waals surface area contributed by atoms with E-state index in [1.54, 1.807) is 0 Å². The molecule has 2 rings (SSSR count). The van der Waals surface area contributed by atoms with Gasteiger partial charge in [-0.3, -0.25) is 9.59 Å². The number of carbonyl (C=O) groups is 2. The Morgan fingerprint density at radius 1 is 1.43 bits per heavy atom. The molecule has 114 valence electrons. The maximum Gasteiger partial charge on any atom is 0.250 e. The topological polar surface area (TPSA) is 104 Å². The first-order chi connectivity index (χ1) is 10.1. The second kappa shape index (κ2) is 7.19. The van der Waals surface area contributed by atoms with E-state index in [2.05, 4.69) is 10.6 Å². The summed E-state index contributed by atoms with van der Waals surface area (Å²) in [5.74, 6) is -0.774. The minimum atomic E-state index is -1.30. The van der Waals surface area contributed by atoms with E-state index < -0.39 is 18.1 Å². The number of amides is 2. The molecule has 0 saturated carbocycles. The van der Waals surface area contributed by atoms with Gasteiger partial charge in [-0.25, -0.2) is 0 Å². The van der Waals surface area contributed by atoms with Crippen molar-refractivity contribution in [3.8, 4) is 0 Å². The second-order valence-electron chi connectivity index (χ2n) is 5.32. The first kappa shape index (κ1) is 15.5. The van der Waals surface area contributed by atoms with Crippen molar-refractivity contribution in [3.63, 3.8) is 0 Å². The van der Waals surface area contributed by atoms with Gasteiger partial charge in [0, 0.05) is 25.0 Å². The zero-order chi connectivity index (χ0) is 15.2. The summed E-state index contributed by atoms with van der Waals surface area (Å²) in [5.41, 5.74) is 6.78. The lowest BCUT2D eigenvalue weighted by molar-refractivity contribution is -0.131. The van der Waals surface area contributed by atoms with Crippen molar-refractivity contribution >= 4 is 11.8 Å². The summed E-state index contributed by atoms with van der Waals surface area (Å²) in [6.07, 6.45) is -0.293. The third-order valence-corrected chi connectivity index (χ3v) is 3.70. The van der Waals surface area contributed by atoms with E-state index in [0.717, 1.165) is 5.56 Å². The summed E-state index contributed by atoms with van der Waals surface area (Å²) in [5, 5.41) is 15.3. The largest absolute Gasteiger partial charge is 0.382 e. The van der Waals surface area contributed by atoms with Gasteiger partial charge in [0.2, 0.25) is 5.91 Å². The minimum absolute atomic E-state index is 0.0534. The molecule has 1 saturated heterocycles. The molecule has 0 spiro atoms. The van der Waals surface area contributed by atoms with E-state index in [0.29, 0.717) is 25.9 Å². The van der Waals surface area contributed by atoms with Crippen LogP contribution >= 0.6 is 0 Å². The smallest absolute Gasteiger partial charge is 0.250 e. The fourth-order valence-electron chi connectivity index (χ4n) is 2.41. The summed E-state index contributed by atoms with van der Waals surface area (Å²) in [6.45, 7) is 0.972. The Morgan fingerprint density at radius 2 is 2.14 bits per heavy atom. The maximum atomic E-state index is 11.9. The van der Waals surface area contributed by atoms with Crippen molar-refractivity contribution in [1.82, 2.24) is 10.6 Å². The summed E-state index contributed by atoms with van der Waals surface area (Å²) >= 11 is 0. The van der Waals surface area contributed by atoms with Gasteiger partial charge in [-0.2, -0.15) is 0 Å². The molecule has 1 aromatic rings. The van der Waals surface area contributed by atoms with Gasteiger partial charge in [-0.05, 0) is 18.4 Å². The Labute approximate surface area is 123 Å². The van der Waals surface area contributed by atoms with Crippen LogP contribution in [0, 0.1) is 5.92 Å². The van der Waals surface area contributed by atoms with Crippen LogP contribution in [0.5, 0.6) is 0 Å². The molecule has 0 bridgehead atoms. The molecular formula is C15H21N3O3. The molecule has 5 N–H and O–H groups in total. The minimum Gasteiger partial charge on any atom is -0.382 e. The lowest BCUT2D eigenvalue weighted by Crippen LogP contribution is -2.47. The molecule has 1 heterocycles. The van der Waals surface area contributed by atoms with Crippen LogP contribution in [-0.2, 0) is 16.1 Å². The number of hydrogen-bond donors (Lipinski definition) is 4. The molecule has 1 aliphatic rings. The number of carbonyl (C=O) groups excluding carboxylic acids is 2. The lowest BCUT2D eigenvalue weighted by Gasteiger charge is -2.20. The molecule has 1 fully saturated rings. The monoisotopic (exact) mass is 291 g/mol. The zero-order valence-corrected chi connectivity index (χ0v) is 11.8. The van der Waals surface area contributed by atoms with Gasteiger partial charge in [0.05, 0.1) is 0 Å². The molecule has 0 aromatic heterocycles. The third kappa shape index (κ3) is 4.27. The molecular weight excluding hydrogens is 270 g/mol. The van der Waals surface area contributed by atoms with Crippen molar-refractivity contribution in [2.24, 2.45) is 11.7 Å². The van der Waals surface area contributed by atoms with E-state index in [4.69, 9.17) is 5.73 Å². The average Bonchev–Trinajstić information content (AvgIpc) is 2.90. The summed E-state index contributed by atoms with van der Waals surface area (Å²) in [7, 11) is 0. The molecule has 1 aromatic carbocycles. The van der Waals surface area contributed by atoms with Crippen molar-refractivity contribution < 1.29 is 14.7 Å². The summed E-state index contributed by atoms with van der Waals surface area (Å²) in [6, 6.07) is 8.67. The number of nitrogens with one attached hydrogen (secondary N) is 2. The molecule has 6 nitrogen and oxygen atoms in total. The van der Waals surface area contributed by atoms with Crippen LogP contribution in [0.4, 0.5) is 0 Å². The fourth-order valence-corrected chi connectivity index (χ4v) is 2.41. The Morgan fingerprint density at radius 3 is 2.76 bits per heavy atom. The number of aliphatic hydroxyl groups excluding tert-OH is 1. The Bertz CT molecular complexity index is 492. The van der Waals surface area contributed by atoms with Crippen molar-refractivity contribution in [2.75, 3.05) is 6.54 Å². The van der Waals surface area contributed by atoms with Gasteiger partial charge < -0.3 is 21.5 Å². The van der Waals surface area contributed by atoms with Crippen LogP contribution < -0.4 is 16.4 Å². The molecule has 0 aliphatic carbocycles. The van der Waals surface area contributed by atoms with Gasteiger partial charge in [0.1, 0.15) is 6.10 Å². The predicted molar refractivity (Wildman–Crippen MR) is 78.0 cm³/mol. The van der Waals surface area contributed by atoms with Gasteiger partial charge in [0.15, 0.2) is 0 Å². The van der Waals surface area contributed by atoms with E-state index in [-0.39, 0.29) is 11.8 Å². The maximum absolute atomic E-state index is 11.9. The molecule has 1 aliphatic heterocycles. The van der Waals surface area contributed by atoms with E-state index in [1.807, 2.05) is 30.3 Å². The van der Waals surface area contributed by atoms with Crippen LogP contribution in [0.2, 0.25) is 0 Å². The lowest BCUT2D eigenvalue weighted by atomic mass is 9.95. The Kier molecular flexibility index (Phi) is 5.30. The number of aliphatic hydroxyl groups is 1. The van der Waals surface area contributed by atoms with Crippen molar-refractivity contribution in [3.05, 3.63) is 35.9 Å². The van der Waals surface area contributed by atoms with E-state index in [9.17, 15) is 14.7 Å². The second-order valence-corrected chi connectivity index (χ2v) is 5.32. The molecule has 2 amide bonds. The normalized spacial score (nSPS) is 20.7. The molecule has 3 atom stereocenters. The molecule has 21 heavy (non-hydrogen) atoms. The zero-order valence-electron chi connectivity index (χ0n) is 11.8. The van der Waals surface area contributed by atoms with Crippen LogP contribution in [0.25, 0.3) is 0 Å². The van der Waals surface area contributed by atoms with E-state index >= 15 is 0 Å². The Balaban J connectivity index is 1.79. The average molecular weight is 291 g/mol. The highest BCUT2D eigenvalue weighted by Crippen LogP contribution is 2.16. The van der Waals surface area contributed by atoms with Gasteiger partial charge in [-0.15, -0.1) is 0 Å². The summed E-state index contributed by atoms with van der Waals surface area (Å²) in [4.78, 5) is 23.3. The Hall–Kier alpha value is -1.92. The van der Waals surface area contributed by atoms with Crippen LogP contribution in [-0.4, -0.2) is 35.6 Å². The SMILES string of the molecule is N[C@@H](C[C@@H]1CCNC1=O)C(O)C(=O)NCc1ccccc1. The fraction of sp³-hybridized carbons (Fsp3) is 0.467. The molecule has 0 radical (unpaired) electrons. The van der Waals surface area contributed by atoms with Gasteiger partial charge in [-0.1, -0.05) is 30.3 Å². The number of benzene rings is 1. The first-order valence-corrected chi connectivity index (χ1v) is 7.11.